The van der Waals surface area contributed by atoms with Crippen molar-refractivity contribution in [3.8, 4) is 0 Å². The zero-order valence-corrected chi connectivity index (χ0v) is 14.4. The van der Waals surface area contributed by atoms with Crippen molar-refractivity contribution in [3.05, 3.63) is 10.7 Å². The molecule has 0 bridgehead atoms. The van der Waals surface area contributed by atoms with Gasteiger partial charge in [0.15, 0.2) is 0 Å². The molecular weight excluding hydrogens is 302 g/mol. The quantitative estimate of drug-likeness (QED) is 0.865. The van der Waals surface area contributed by atoms with Crippen LogP contribution in [0.15, 0.2) is 15.7 Å². The molecule has 0 spiro atoms. The number of likely N-dealkylation sites (tertiary alicyclic amines) is 1. The topological polar surface area (TPSA) is 67.9 Å². The normalized spacial score (nSPS) is 23.3. The van der Waals surface area contributed by atoms with Gasteiger partial charge in [0.1, 0.15) is 5.60 Å². The number of halogens is 1. The molecular formula is C16H26ClN3O2. The number of allylic oxidation sites excluding steroid dienone is 1. The maximum atomic E-state index is 12.0. The van der Waals surface area contributed by atoms with Crippen molar-refractivity contribution in [2.24, 2.45) is 16.6 Å². The second-order valence-electron chi connectivity index (χ2n) is 7.09. The summed E-state index contributed by atoms with van der Waals surface area (Å²) in [7, 11) is 0. The van der Waals surface area contributed by atoms with Gasteiger partial charge in [-0.3, -0.25) is 4.99 Å². The van der Waals surface area contributed by atoms with Crippen LogP contribution >= 0.6 is 11.6 Å². The van der Waals surface area contributed by atoms with Crippen LogP contribution in [-0.2, 0) is 4.74 Å². The maximum absolute atomic E-state index is 12.0. The highest BCUT2D eigenvalue weighted by Crippen LogP contribution is 2.28. The Hall–Kier alpha value is -1.23. The van der Waals surface area contributed by atoms with Crippen LogP contribution < -0.4 is 5.73 Å². The molecule has 0 aromatic heterocycles. The van der Waals surface area contributed by atoms with Crippen LogP contribution in [0.3, 0.4) is 0 Å². The lowest BCUT2D eigenvalue weighted by molar-refractivity contribution is 0.0180. The molecule has 1 unspecified atom stereocenters. The number of amides is 1. The number of ether oxygens (including phenoxy) is 1. The molecule has 1 amide bonds. The molecule has 22 heavy (non-hydrogen) atoms. The van der Waals surface area contributed by atoms with Crippen molar-refractivity contribution in [2.75, 3.05) is 13.1 Å². The van der Waals surface area contributed by atoms with Crippen LogP contribution in [0.4, 0.5) is 4.79 Å². The third-order valence-corrected chi connectivity index (χ3v) is 4.55. The molecule has 5 nitrogen and oxygen atoms in total. The van der Waals surface area contributed by atoms with E-state index in [-0.39, 0.29) is 12.1 Å². The molecule has 0 aliphatic carbocycles. The van der Waals surface area contributed by atoms with Crippen molar-refractivity contribution < 1.29 is 9.53 Å². The fraction of sp³-hybridized carbons (Fsp3) is 0.750. The summed E-state index contributed by atoms with van der Waals surface area (Å²) in [6.45, 7) is 7.20. The van der Waals surface area contributed by atoms with Crippen molar-refractivity contribution in [1.82, 2.24) is 4.90 Å². The summed E-state index contributed by atoms with van der Waals surface area (Å²) < 4.78 is 5.41. The van der Waals surface area contributed by atoms with Crippen LogP contribution in [0.25, 0.3) is 0 Å². The smallest absolute Gasteiger partial charge is 0.410 e. The van der Waals surface area contributed by atoms with E-state index in [2.05, 4.69) is 4.99 Å². The minimum Gasteiger partial charge on any atom is -0.444 e. The number of carbonyl (C=O) groups is 1. The minimum atomic E-state index is -0.433. The van der Waals surface area contributed by atoms with E-state index in [1.165, 1.54) is 0 Å². The molecule has 2 aliphatic rings. The Bertz CT molecular complexity index is 474. The molecule has 6 heteroatoms. The highest BCUT2D eigenvalue weighted by atomic mass is 35.5. The highest BCUT2D eigenvalue weighted by Gasteiger charge is 2.28. The lowest BCUT2D eigenvalue weighted by atomic mass is 9.91. The SMILES string of the molecule is CC(C)(C)OC(=O)N1CCC(CCC2N=CC(N)=C2Cl)CC1. The Balaban J connectivity index is 1.72. The number of rotatable bonds is 3. The van der Waals surface area contributed by atoms with Crippen molar-refractivity contribution in [3.63, 3.8) is 0 Å². The standard InChI is InChI=1S/C16H26ClN3O2/c1-16(2,3)22-15(21)20-8-6-11(7-9-20)4-5-13-14(17)12(18)10-19-13/h10-11,13H,4-9,18H2,1-3H3. The number of aliphatic imine (C=N–C) groups is 1. The molecule has 1 atom stereocenters. The van der Waals surface area contributed by atoms with Crippen LogP contribution in [0.5, 0.6) is 0 Å². The van der Waals surface area contributed by atoms with Crippen molar-refractivity contribution in [1.29, 1.82) is 0 Å². The van der Waals surface area contributed by atoms with E-state index >= 15 is 0 Å². The molecule has 0 aromatic carbocycles. The number of nitrogens with zero attached hydrogens (tertiary/aromatic N) is 2. The molecule has 0 aromatic rings. The maximum Gasteiger partial charge on any atom is 0.410 e. The van der Waals surface area contributed by atoms with Gasteiger partial charge in [0.25, 0.3) is 0 Å². The fourth-order valence-electron chi connectivity index (χ4n) is 2.82. The van der Waals surface area contributed by atoms with Crippen molar-refractivity contribution in [2.45, 2.75) is 58.1 Å². The minimum absolute atomic E-state index is 0.0329. The summed E-state index contributed by atoms with van der Waals surface area (Å²) in [6, 6.07) is 0.0329. The monoisotopic (exact) mass is 327 g/mol. The van der Waals surface area contributed by atoms with E-state index in [4.69, 9.17) is 22.1 Å². The third kappa shape index (κ3) is 4.63. The summed E-state index contributed by atoms with van der Waals surface area (Å²) in [5.41, 5.74) is 5.88. The summed E-state index contributed by atoms with van der Waals surface area (Å²) in [5.74, 6) is 0.611. The van der Waals surface area contributed by atoms with Crippen molar-refractivity contribution >= 4 is 23.9 Å². The number of carbonyl (C=O) groups excluding carboxylic acids is 1. The van der Waals surface area contributed by atoms with E-state index in [0.717, 1.165) is 38.8 Å². The number of piperidine rings is 1. The molecule has 124 valence electrons. The second kappa shape index (κ2) is 6.90. The Morgan fingerprint density at radius 1 is 1.41 bits per heavy atom. The van der Waals surface area contributed by atoms with Gasteiger partial charge in [-0.25, -0.2) is 4.79 Å². The van der Waals surface area contributed by atoms with E-state index in [1.807, 2.05) is 20.8 Å². The molecule has 2 aliphatic heterocycles. The summed E-state index contributed by atoms with van der Waals surface area (Å²) in [6.07, 6.45) is 5.45. The Morgan fingerprint density at radius 2 is 2.05 bits per heavy atom. The average molecular weight is 328 g/mol. The van der Waals surface area contributed by atoms with Gasteiger partial charge in [-0.2, -0.15) is 0 Å². The molecule has 2 heterocycles. The first-order valence-electron chi connectivity index (χ1n) is 7.92. The lowest BCUT2D eigenvalue weighted by Gasteiger charge is -2.33. The zero-order valence-electron chi connectivity index (χ0n) is 13.6. The Kier molecular flexibility index (Phi) is 5.37. The van der Waals surface area contributed by atoms with Gasteiger partial charge in [0.2, 0.25) is 0 Å². The molecule has 2 N–H and O–H groups in total. The molecule has 1 saturated heterocycles. The van der Waals surface area contributed by atoms with Crippen LogP contribution in [0.1, 0.15) is 46.5 Å². The van der Waals surface area contributed by atoms with Gasteiger partial charge in [-0.05, 0) is 52.4 Å². The van der Waals surface area contributed by atoms with Gasteiger partial charge in [-0.15, -0.1) is 0 Å². The molecule has 2 rings (SSSR count). The zero-order chi connectivity index (χ0) is 16.3. The van der Waals surface area contributed by atoms with E-state index in [1.54, 1.807) is 11.1 Å². The first-order valence-corrected chi connectivity index (χ1v) is 8.30. The largest absolute Gasteiger partial charge is 0.444 e. The fourth-order valence-corrected chi connectivity index (χ4v) is 3.03. The highest BCUT2D eigenvalue weighted by molar-refractivity contribution is 6.32. The Labute approximate surface area is 137 Å². The van der Waals surface area contributed by atoms with E-state index in [0.29, 0.717) is 16.6 Å². The molecule has 1 fully saturated rings. The van der Waals surface area contributed by atoms with Gasteiger partial charge in [0.05, 0.1) is 16.8 Å². The molecule has 0 saturated carbocycles. The van der Waals surface area contributed by atoms with Gasteiger partial charge in [-0.1, -0.05) is 11.6 Å². The summed E-state index contributed by atoms with van der Waals surface area (Å²) in [4.78, 5) is 18.1. The summed E-state index contributed by atoms with van der Waals surface area (Å²) in [5, 5.41) is 0.672. The Morgan fingerprint density at radius 3 is 2.55 bits per heavy atom. The average Bonchev–Trinajstić information content (AvgIpc) is 2.75. The predicted molar refractivity (Wildman–Crippen MR) is 89.1 cm³/mol. The van der Waals surface area contributed by atoms with Gasteiger partial charge < -0.3 is 15.4 Å². The molecule has 0 radical (unpaired) electrons. The second-order valence-corrected chi connectivity index (χ2v) is 7.49. The number of hydrogen-bond donors (Lipinski definition) is 1. The first-order chi connectivity index (χ1) is 10.3. The number of hydrogen-bond acceptors (Lipinski definition) is 4. The lowest BCUT2D eigenvalue weighted by Crippen LogP contribution is -2.41. The third-order valence-electron chi connectivity index (χ3n) is 4.08. The number of nitrogens with two attached hydrogens (primary N) is 1. The van der Waals surface area contributed by atoms with Crippen LogP contribution in [0.2, 0.25) is 0 Å². The first kappa shape index (κ1) is 17.1. The van der Waals surface area contributed by atoms with Gasteiger partial charge >= 0.3 is 6.09 Å². The summed E-state index contributed by atoms with van der Waals surface area (Å²) >= 11 is 6.13. The van der Waals surface area contributed by atoms with E-state index in [9.17, 15) is 4.79 Å². The van der Waals surface area contributed by atoms with Crippen LogP contribution in [-0.4, -0.2) is 41.9 Å². The van der Waals surface area contributed by atoms with Gasteiger partial charge in [0, 0.05) is 19.3 Å². The van der Waals surface area contributed by atoms with Crippen LogP contribution in [0, 0.1) is 5.92 Å². The van der Waals surface area contributed by atoms with E-state index < -0.39 is 5.60 Å². The predicted octanol–water partition coefficient (Wildman–Crippen LogP) is 3.28.